The lowest BCUT2D eigenvalue weighted by Gasteiger charge is -2.13. The maximum Gasteiger partial charge on any atom is 0.256 e. The highest BCUT2D eigenvalue weighted by Gasteiger charge is 2.22. The van der Waals surface area contributed by atoms with Gasteiger partial charge in [0.25, 0.3) is 11.8 Å². The molecule has 0 aliphatic carbocycles. The number of methoxy groups -OCH3 is 1. The summed E-state index contributed by atoms with van der Waals surface area (Å²) in [5.74, 6) is 1.25. The molecule has 1 aromatic carbocycles. The summed E-state index contributed by atoms with van der Waals surface area (Å²) in [6.07, 6.45) is 1.64. The molecule has 3 heterocycles. The van der Waals surface area contributed by atoms with Gasteiger partial charge in [0.2, 0.25) is 0 Å². The monoisotopic (exact) mass is 461 g/mol. The molecule has 0 unspecified atom stereocenters. The predicted octanol–water partition coefficient (Wildman–Crippen LogP) is 4.51. The molecule has 0 fully saturated rings. The topological polar surface area (TPSA) is 111 Å². The molecule has 2 amide bonds. The van der Waals surface area contributed by atoms with Crippen LogP contribution in [-0.4, -0.2) is 40.7 Å². The van der Waals surface area contributed by atoms with Gasteiger partial charge in [-0.2, -0.15) is 5.10 Å². The Hall–Kier alpha value is -4.14. The second-order valence-corrected chi connectivity index (χ2v) is 8.25. The number of amides is 2. The minimum atomic E-state index is -0.384. The Balaban J connectivity index is 1.85. The molecule has 4 aromatic rings. The average molecular weight is 462 g/mol. The molecule has 0 saturated heterocycles. The molecule has 0 aliphatic heterocycles. The fourth-order valence-corrected chi connectivity index (χ4v) is 3.88. The van der Waals surface area contributed by atoms with Crippen LogP contribution in [0.4, 0.5) is 5.69 Å². The summed E-state index contributed by atoms with van der Waals surface area (Å²) in [7, 11) is 3.05. The smallest absolute Gasteiger partial charge is 0.256 e. The number of pyridine rings is 1. The van der Waals surface area contributed by atoms with Crippen LogP contribution in [0.15, 0.2) is 40.9 Å². The van der Waals surface area contributed by atoms with E-state index in [0.717, 1.165) is 11.3 Å². The van der Waals surface area contributed by atoms with Crippen LogP contribution in [0.5, 0.6) is 5.75 Å². The van der Waals surface area contributed by atoms with Crippen LogP contribution in [-0.2, 0) is 0 Å². The molecule has 3 aromatic heterocycles. The van der Waals surface area contributed by atoms with Gasteiger partial charge in [-0.3, -0.25) is 9.59 Å². The Morgan fingerprint density at radius 3 is 2.47 bits per heavy atom. The van der Waals surface area contributed by atoms with Crippen LogP contribution in [0.2, 0.25) is 0 Å². The maximum absolute atomic E-state index is 13.5. The largest absolute Gasteiger partial charge is 0.497 e. The zero-order chi connectivity index (χ0) is 24.6. The normalized spacial score (nSPS) is 11.1. The molecule has 0 radical (unpaired) electrons. The molecule has 9 nitrogen and oxygen atoms in total. The third-order valence-electron chi connectivity index (χ3n) is 5.56. The van der Waals surface area contributed by atoms with Crippen LogP contribution in [0, 0.1) is 13.8 Å². The second-order valence-electron chi connectivity index (χ2n) is 8.25. The average Bonchev–Trinajstić information content (AvgIpc) is 3.40. The molecular formula is C25H27N5O4. The van der Waals surface area contributed by atoms with Crippen molar-refractivity contribution in [2.45, 2.75) is 33.7 Å². The van der Waals surface area contributed by atoms with Gasteiger partial charge < -0.3 is 19.8 Å². The van der Waals surface area contributed by atoms with Crippen LogP contribution in [0.3, 0.4) is 0 Å². The number of benzene rings is 1. The van der Waals surface area contributed by atoms with Gasteiger partial charge in [-0.1, -0.05) is 0 Å². The molecule has 0 bridgehead atoms. The molecule has 0 spiro atoms. The highest BCUT2D eigenvalue weighted by Crippen LogP contribution is 2.31. The number of nitrogens with zero attached hydrogens (tertiary/aromatic N) is 3. The Morgan fingerprint density at radius 2 is 1.85 bits per heavy atom. The van der Waals surface area contributed by atoms with E-state index in [9.17, 15) is 9.59 Å². The van der Waals surface area contributed by atoms with E-state index in [1.54, 1.807) is 35.1 Å². The molecular weight excluding hydrogens is 434 g/mol. The Kier molecular flexibility index (Phi) is 6.10. The summed E-state index contributed by atoms with van der Waals surface area (Å²) >= 11 is 0. The second kappa shape index (κ2) is 9.01. The van der Waals surface area contributed by atoms with Crippen molar-refractivity contribution in [2.75, 3.05) is 19.5 Å². The SMILES string of the molecule is CNC(=O)c1cc(OC)ccc1NC(=O)c1cc(-c2cc(C)oc2C)nc2c1cnn2C(C)C. The zero-order valence-electron chi connectivity index (χ0n) is 20.0. The number of furan rings is 1. The molecule has 34 heavy (non-hydrogen) atoms. The molecule has 176 valence electrons. The number of fused-ring (bicyclic) bond motifs is 1. The van der Waals surface area contributed by atoms with Gasteiger partial charge in [-0.25, -0.2) is 9.67 Å². The first kappa shape index (κ1) is 23.0. The van der Waals surface area contributed by atoms with Crippen molar-refractivity contribution in [1.29, 1.82) is 0 Å². The highest BCUT2D eigenvalue weighted by atomic mass is 16.5. The van der Waals surface area contributed by atoms with E-state index >= 15 is 0 Å². The minimum absolute atomic E-state index is 0.0461. The number of hydrogen-bond donors (Lipinski definition) is 2. The lowest BCUT2D eigenvalue weighted by Crippen LogP contribution is -2.22. The van der Waals surface area contributed by atoms with Crippen molar-refractivity contribution in [3.63, 3.8) is 0 Å². The van der Waals surface area contributed by atoms with E-state index < -0.39 is 0 Å². The molecule has 0 saturated carbocycles. The van der Waals surface area contributed by atoms with Crippen molar-refractivity contribution < 1.29 is 18.7 Å². The first-order chi connectivity index (χ1) is 16.2. The number of aryl methyl sites for hydroxylation is 2. The molecule has 4 rings (SSSR count). The number of aromatic nitrogens is 3. The summed E-state index contributed by atoms with van der Waals surface area (Å²) in [5, 5.41) is 10.5. The van der Waals surface area contributed by atoms with Crippen LogP contribution >= 0.6 is 0 Å². The standard InChI is InChI=1S/C25H27N5O4/c1-13(2)30-23-20(12-27-30)18(11-22(28-23)17-9-14(3)34-15(17)4)25(32)29-21-8-7-16(33-6)10-19(21)24(31)26-5/h7-13H,1-6H3,(H,26,31)(H,29,32). The van der Waals surface area contributed by atoms with E-state index in [1.165, 1.54) is 14.2 Å². The highest BCUT2D eigenvalue weighted by molar-refractivity contribution is 6.14. The lowest BCUT2D eigenvalue weighted by atomic mass is 10.1. The maximum atomic E-state index is 13.5. The minimum Gasteiger partial charge on any atom is -0.497 e. The van der Waals surface area contributed by atoms with E-state index in [1.807, 2.05) is 33.8 Å². The quantitative estimate of drug-likeness (QED) is 0.437. The molecule has 0 atom stereocenters. The summed E-state index contributed by atoms with van der Waals surface area (Å²) in [6, 6.07) is 8.57. The Labute approximate surface area is 197 Å². The number of hydrogen-bond acceptors (Lipinski definition) is 6. The van der Waals surface area contributed by atoms with Crippen LogP contribution in [0.25, 0.3) is 22.3 Å². The number of ether oxygens (including phenoxy) is 1. The van der Waals surface area contributed by atoms with Crippen LogP contribution < -0.4 is 15.4 Å². The van der Waals surface area contributed by atoms with Crippen LogP contribution in [0.1, 0.15) is 52.1 Å². The van der Waals surface area contributed by atoms with Crippen molar-refractivity contribution in [2.24, 2.45) is 0 Å². The fraction of sp³-hybridized carbons (Fsp3) is 0.280. The van der Waals surface area contributed by atoms with Gasteiger partial charge >= 0.3 is 0 Å². The summed E-state index contributed by atoms with van der Waals surface area (Å²) < 4.78 is 12.7. The van der Waals surface area contributed by atoms with E-state index in [0.29, 0.717) is 45.1 Å². The number of rotatable bonds is 6. The summed E-state index contributed by atoms with van der Waals surface area (Å²) in [5.41, 5.74) is 3.06. The van der Waals surface area contributed by atoms with Gasteiger partial charge in [0, 0.05) is 18.7 Å². The lowest BCUT2D eigenvalue weighted by molar-refractivity contribution is 0.0963. The van der Waals surface area contributed by atoms with Crippen molar-refractivity contribution >= 4 is 28.5 Å². The summed E-state index contributed by atoms with van der Waals surface area (Å²) in [4.78, 5) is 30.8. The van der Waals surface area contributed by atoms with Gasteiger partial charge in [0.1, 0.15) is 17.3 Å². The number of carbonyl (C=O) groups excluding carboxylic acids is 2. The van der Waals surface area contributed by atoms with Gasteiger partial charge in [-0.05, 0) is 58.0 Å². The molecule has 2 N–H and O–H groups in total. The van der Waals surface area contributed by atoms with E-state index in [-0.39, 0.29) is 17.9 Å². The Morgan fingerprint density at radius 1 is 1.09 bits per heavy atom. The fourth-order valence-electron chi connectivity index (χ4n) is 3.88. The first-order valence-electron chi connectivity index (χ1n) is 10.9. The third-order valence-corrected chi connectivity index (χ3v) is 5.56. The van der Waals surface area contributed by atoms with E-state index in [4.69, 9.17) is 14.1 Å². The number of anilines is 1. The zero-order valence-corrected chi connectivity index (χ0v) is 20.0. The molecule has 9 heteroatoms. The number of nitrogens with one attached hydrogen (secondary N) is 2. The summed E-state index contributed by atoms with van der Waals surface area (Å²) in [6.45, 7) is 7.73. The first-order valence-corrected chi connectivity index (χ1v) is 10.9. The molecule has 0 aliphatic rings. The van der Waals surface area contributed by atoms with Gasteiger partial charge in [-0.15, -0.1) is 0 Å². The van der Waals surface area contributed by atoms with Crippen molar-refractivity contribution in [3.8, 4) is 17.0 Å². The number of carbonyl (C=O) groups is 2. The van der Waals surface area contributed by atoms with E-state index in [2.05, 4.69) is 15.7 Å². The van der Waals surface area contributed by atoms with Crippen molar-refractivity contribution in [3.05, 3.63) is 59.2 Å². The predicted molar refractivity (Wildman–Crippen MR) is 129 cm³/mol. The van der Waals surface area contributed by atoms with Gasteiger partial charge in [0.15, 0.2) is 5.65 Å². The third kappa shape index (κ3) is 4.12. The Bertz CT molecular complexity index is 1400. The van der Waals surface area contributed by atoms with Gasteiger partial charge in [0.05, 0.1) is 41.2 Å². The van der Waals surface area contributed by atoms with Crippen molar-refractivity contribution in [1.82, 2.24) is 20.1 Å².